The largest absolute Gasteiger partial charge is 0.301 e. The van der Waals surface area contributed by atoms with Gasteiger partial charge in [-0.3, -0.25) is 14.5 Å². The molecular formula is C22H23N3O2S. The van der Waals surface area contributed by atoms with Gasteiger partial charge in [0.2, 0.25) is 5.91 Å². The first-order valence-corrected chi connectivity index (χ1v) is 10.4. The van der Waals surface area contributed by atoms with Crippen molar-refractivity contribution in [1.82, 2.24) is 9.88 Å². The molecule has 1 amide bonds. The number of benzene rings is 2. The molecule has 6 heteroatoms. The SMILES string of the molecule is CC(C(=O)Nc1nc2ccccc2s1)N1CCC(C(=O)c2ccccc2)CC1. The number of anilines is 1. The Morgan fingerprint density at radius 3 is 2.46 bits per heavy atom. The highest BCUT2D eigenvalue weighted by atomic mass is 32.1. The van der Waals surface area contributed by atoms with E-state index in [2.05, 4.69) is 15.2 Å². The topological polar surface area (TPSA) is 62.3 Å². The molecule has 1 unspecified atom stereocenters. The van der Waals surface area contributed by atoms with Crippen molar-refractivity contribution in [3.63, 3.8) is 0 Å². The van der Waals surface area contributed by atoms with Crippen molar-refractivity contribution in [2.75, 3.05) is 18.4 Å². The highest BCUT2D eigenvalue weighted by Gasteiger charge is 2.30. The smallest absolute Gasteiger partial charge is 0.243 e. The average Bonchev–Trinajstić information content (AvgIpc) is 3.15. The number of fused-ring (bicyclic) bond motifs is 1. The number of hydrogen-bond donors (Lipinski definition) is 1. The summed E-state index contributed by atoms with van der Waals surface area (Å²) >= 11 is 1.49. The maximum Gasteiger partial charge on any atom is 0.243 e. The number of thiazole rings is 1. The van der Waals surface area contributed by atoms with Gasteiger partial charge in [0.05, 0.1) is 16.3 Å². The van der Waals surface area contributed by atoms with E-state index in [4.69, 9.17) is 0 Å². The Kier molecular flexibility index (Phi) is 5.50. The average molecular weight is 394 g/mol. The predicted octanol–water partition coefficient (Wildman–Crippen LogP) is 4.22. The van der Waals surface area contributed by atoms with Gasteiger partial charge < -0.3 is 5.32 Å². The number of nitrogens with zero attached hydrogens (tertiary/aromatic N) is 2. The van der Waals surface area contributed by atoms with E-state index >= 15 is 0 Å². The Morgan fingerprint density at radius 1 is 1.07 bits per heavy atom. The Morgan fingerprint density at radius 2 is 1.75 bits per heavy atom. The molecule has 0 radical (unpaired) electrons. The number of Topliss-reactive ketones (excluding diaryl/α,β-unsaturated/α-hetero) is 1. The third-order valence-electron chi connectivity index (χ3n) is 5.41. The van der Waals surface area contributed by atoms with Crippen LogP contribution in [-0.4, -0.2) is 40.7 Å². The highest BCUT2D eigenvalue weighted by Crippen LogP contribution is 2.27. The van der Waals surface area contributed by atoms with Crippen LogP contribution in [-0.2, 0) is 4.79 Å². The van der Waals surface area contributed by atoms with Crippen molar-refractivity contribution >= 4 is 38.4 Å². The van der Waals surface area contributed by atoms with Crippen LogP contribution < -0.4 is 5.32 Å². The molecule has 1 fully saturated rings. The lowest BCUT2D eigenvalue weighted by Gasteiger charge is -2.34. The molecule has 2 heterocycles. The lowest BCUT2D eigenvalue weighted by atomic mass is 9.88. The number of ketones is 1. The fraction of sp³-hybridized carbons (Fsp3) is 0.318. The number of piperidine rings is 1. The van der Waals surface area contributed by atoms with Gasteiger partial charge in [-0.05, 0) is 45.0 Å². The summed E-state index contributed by atoms with van der Waals surface area (Å²) in [5, 5.41) is 3.58. The van der Waals surface area contributed by atoms with Gasteiger partial charge in [-0.1, -0.05) is 53.8 Å². The van der Waals surface area contributed by atoms with E-state index in [9.17, 15) is 9.59 Å². The lowest BCUT2D eigenvalue weighted by molar-refractivity contribution is -0.121. The second kappa shape index (κ2) is 8.20. The number of aromatic nitrogens is 1. The number of carbonyl (C=O) groups is 2. The van der Waals surface area contributed by atoms with Crippen molar-refractivity contribution < 1.29 is 9.59 Å². The second-order valence-electron chi connectivity index (χ2n) is 7.19. The third kappa shape index (κ3) is 3.98. The molecule has 5 nitrogen and oxygen atoms in total. The van der Waals surface area contributed by atoms with Crippen LogP contribution >= 0.6 is 11.3 Å². The molecule has 0 saturated carbocycles. The molecule has 1 atom stereocenters. The summed E-state index contributed by atoms with van der Waals surface area (Å²) < 4.78 is 1.06. The van der Waals surface area contributed by atoms with Crippen molar-refractivity contribution in [3.05, 3.63) is 60.2 Å². The molecule has 28 heavy (non-hydrogen) atoms. The van der Waals surface area contributed by atoms with Crippen molar-refractivity contribution in [3.8, 4) is 0 Å². The zero-order chi connectivity index (χ0) is 19.5. The minimum atomic E-state index is -0.250. The molecule has 0 bridgehead atoms. The van der Waals surface area contributed by atoms with Crippen LogP contribution in [0.4, 0.5) is 5.13 Å². The summed E-state index contributed by atoms with van der Waals surface area (Å²) in [4.78, 5) is 31.9. The first-order chi connectivity index (χ1) is 13.6. The molecule has 1 aliphatic rings. The molecule has 2 aromatic carbocycles. The minimum absolute atomic E-state index is 0.0400. The first kappa shape index (κ1) is 18.8. The van der Waals surface area contributed by atoms with Gasteiger partial charge in [0.15, 0.2) is 10.9 Å². The third-order valence-corrected chi connectivity index (χ3v) is 6.36. The molecule has 1 saturated heterocycles. The van der Waals surface area contributed by atoms with E-state index in [1.807, 2.05) is 61.5 Å². The Labute approximate surface area is 168 Å². The maximum atomic E-state index is 12.7. The van der Waals surface area contributed by atoms with Crippen LogP contribution in [0.5, 0.6) is 0 Å². The van der Waals surface area contributed by atoms with Crippen LogP contribution in [0, 0.1) is 5.92 Å². The highest BCUT2D eigenvalue weighted by molar-refractivity contribution is 7.22. The second-order valence-corrected chi connectivity index (χ2v) is 8.22. The van der Waals surface area contributed by atoms with E-state index in [1.165, 1.54) is 11.3 Å². The van der Waals surface area contributed by atoms with Crippen molar-refractivity contribution in [2.24, 2.45) is 5.92 Å². The Balaban J connectivity index is 1.33. The summed E-state index contributed by atoms with van der Waals surface area (Å²) in [6, 6.07) is 17.1. The minimum Gasteiger partial charge on any atom is -0.301 e. The molecular weight excluding hydrogens is 370 g/mol. The van der Waals surface area contributed by atoms with Crippen molar-refractivity contribution in [2.45, 2.75) is 25.8 Å². The van der Waals surface area contributed by atoms with Gasteiger partial charge in [-0.25, -0.2) is 4.98 Å². The Hall–Kier alpha value is -2.57. The number of carbonyl (C=O) groups excluding carboxylic acids is 2. The Bertz CT molecular complexity index is 945. The summed E-state index contributed by atoms with van der Waals surface area (Å²) in [7, 11) is 0. The van der Waals surface area contributed by atoms with Crippen molar-refractivity contribution in [1.29, 1.82) is 0 Å². The fourth-order valence-electron chi connectivity index (χ4n) is 3.69. The van der Waals surface area contributed by atoms with Crippen LogP contribution in [0.2, 0.25) is 0 Å². The molecule has 3 aromatic rings. The zero-order valence-electron chi connectivity index (χ0n) is 15.8. The number of rotatable bonds is 5. The lowest BCUT2D eigenvalue weighted by Crippen LogP contribution is -2.47. The predicted molar refractivity (Wildman–Crippen MR) is 113 cm³/mol. The fourth-order valence-corrected chi connectivity index (χ4v) is 4.56. The molecule has 1 aliphatic heterocycles. The number of para-hydroxylation sites is 1. The number of amides is 1. The summed E-state index contributed by atoms with van der Waals surface area (Å²) in [6.07, 6.45) is 1.57. The van der Waals surface area contributed by atoms with Gasteiger partial charge in [-0.15, -0.1) is 0 Å². The van der Waals surface area contributed by atoms with E-state index in [-0.39, 0.29) is 23.7 Å². The first-order valence-electron chi connectivity index (χ1n) is 9.61. The van der Waals surface area contributed by atoms with Crippen LogP contribution in [0.15, 0.2) is 54.6 Å². The van der Waals surface area contributed by atoms with Gasteiger partial charge in [0.1, 0.15) is 0 Å². The van der Waals surface area contributed by atoms with Crippen LogP contribution in [0.3, 0.4) is 0 Å². The molecule has 1 N–H and O–H groups in total. The molecule has 144 valence electrons. The molecule has 0 aliphatic carbocycles. The summed E-state index contributed by atoms with van der Waals surface area (Å²) in [6.45, 7) is 3.41. The maximum absolute atomic E-state index is 12.7. The quantitative estimate of drug-likeness (QED) is 0.660. The number of likely N-dealkylation sites (tertiary alicyclic amines) is 1. The van der Waals surface area contributed by atoms with E-state index in [1.54, 1.807) is 0 Å². The van der Waals surface area contributed by atoms with Gasteiger partial charge in [0.25, 0.3) is 0 Å². The van der Waals surface area contributed by atoms with Gasteiger partial charge in [-0.2, -0.15) is 0 Å². The van der Waals surface area contributed by atoms with E-state index in [0.29, 0.717) is 5.13 Å². The molecule has 1 aromatic heterocycles. The normalized spacial score (nSPS) is 16.8. The van der Waals surface area contributed by atoms with E-state index in [0.717, 1.165) is 41.7 Å². The summed E-state index contributed by atoms with van der Waals surface area (Å²) in [5.74, 6) is 0.205. The van der Waals surface area contributed by atoms with E-state index < -0.39 is 0 Å². The molecule has 4 rings (SSSR count). The van der Waals surface area contributed by atoms with Gasteiger partial charge >= 0.3 is 0 Å². The monoisotopic (exact) mass is 393 g/mol. The van der Waals surface area contributed by atoms with Gasteiger partial charge in [0, 0.05) is 11.5 Å². The zero-order valence-corrected chi connectivity index (χ0v) is 16.6. The summed E-state index contributed by atoms with van der Waals surface area (Å²) in [5.41, 5.74) is 1.68. The standard InChI is InChI=1S/C22H23N3O2S/c1-15(21(27)24-22-23-18-9-5-6-10-19(18)28-22)25-13-11-17(12-14-25)20(26)16-7-3-2-4-8-16/h2-10,15,17H,11-14H2,1H3,(H,23,24,27). The van der Waals surface area contributed by atoms with Crippen LogP contribution in [0.25, 0.3) is 10.2 Å². The number of nitrogens with one attached hydrogen (secondary N) is 1. The van der Waals surface area contributed by atoms with Crippen LogP contribution in [0.1, 0.15) is 30.1 Å². The number of hydrogen-bond acceptors (Lipinski definition) is 5. The molecule has 0 spiro atoms.